The number of alkyl halides is 3. The van der Waals surface area contributed by atoms with Crippen molar-refractivity contribution in [2.24, 2.45) is 0 Å². The first-order chi connectivity index (χ1) is 17.7. The molecular formula is C27H19ClF3N3O2S. The van der Waals surface area contributed by atoms with Crippen molar-refractivity contribution in [1.82, 2.24) is 5.32 Å². The quantitative estimate of drug-likeness (QED) is 0.302. The smallest absolute Gasteiger partial charge is 0.347 e. The van der Waals surface area contributed by atoms with Crippen LogP contribution in [0, 0.1) is 11.3 Å². The van der Waals surface area contributed by atoms with E-state index in [0.29, 0.717) is 5.69 Å². The zero-order chi connectivity index (χ0) is 26.6. The summed E-state index contributed by atoms with van der Waals surface area (Å²) in [5.41, 5.74) is 0.247. The van der Waals surface area contributed by atoms with Crippen molar-refractivity contribution in [1.29, 1.82) is 5.26 Å². The van der Waals surface area contributed by atoms with E-state index in [1.807, 2.05) is 36.4 Å². The van der Waals surface area contributed by atoms with Crippen LogP contribution in [-0.2, 0) is 28.7 Å². The first-order valence-electron chi connectivity index (χ1n) is 11.1. The van der Waals surface area contributed by atoms with Gasteiger partial charge in [0.2, 0.25) is 5.91 Å². The molecule has 0 bridgehead atoms. The highest BCUT2D eigenvalue weighted by atomic mass is 35.5. The first kappa shape index (κ1) is 26.3. The summed E-state index contributed by atoms with van der Waals surface area (Å²) in [6, 6.07) is 22.4. The van der Waals surface area contributed by atoms with E-state index in [4.69, 9.17) is 11.6 Å². The molecule has 10 heteroatoms. The number of amides is 2. The molecule has 0 spiro atoms. The van der Waals surface area contributed by atoms with Crippen LogP contribution in [0.2, 0.25) is 5.02 Å². The Hall–Kier alpha value is -3.74. The summed E-state index contributed by atoms with van der Waals surface area (Å²) in [7, 11) is 0. The Morgan fingerprint density at radius 2 is 1.70 bits per heavy atom. The van der Waals surface area contributed by atoms with Crippen LogP contribution in [0.5, 0.6) is 0 Å². The van der Waals surface area contributed by atoms with Gasteiger partial charge in [0.05, 0.1) is 10.8 Å². The summed E-state index contributed by atoms with van der Waals surface area (Å²) >= 11 is 7.13. The number of carbonyl (C=O) groups excluding carboxylic acids is 2. The number of halogens is 4. The Labute approximate surface area is 220 Å². The number of hydrogen-bond acceptors (Lipinski definition) is 4. The Morgan fingerprint density at radius 3 is 2.32 bits per heavy atom. The van der Waals surface area contributed by atoms with Gasteiger partial charge >= 0.3 is 6.18 Å². The molecule has 1 atom stereocenters. The maximum Gasteiger partial charge on any atom is 0.416 e. The van der Waals surface area contributed by atoms with Gasteiger partial charge in [0.25, 0.3) is 5.91 Å². The van der Waals surface area contributed by atoms with Gasteiger partial charge in [-0.3, -0.25) is 14.5 Å². The second-order valence-electron chi connectivity index (χ2n) is 8.08. The summed E-state index contributed by atoms with van der Waals surface area (Å²) in [6.45, 7) is 0.172. The molecule has 0 aromatic heterocycles. The topological polar surface area (TPSA) is 73.2 Å². The number of benzene rings is 3. The molecule has 0 radical (unpaired) electrons. The molecule has 0 saturated carbocycles. The fourth-order valence-corrected chi connectivity index (χ4v) is 5.26. The molecule has 188 valence electrons. The van der Waals surface area contributed by atoms with Gasteiger partial charge in [-0.25, -0.2) is 0 Å². The fourth-order valence-electron chi connectivity index (χ4n) is 3.77. The number of carbonyl (C=O) groups is 2. The normalized spacial score (nSPS) is 16.9. The van der Waals surface area contributed by atoms with E-state index in [9.17, 15) is 28.0 Å². The van der Waals surface area contributed by atoms with Crippen molar-refractivity contribution in [3.8, 4) is 6.07 Å². The molecule has 4 rings (SSSR count). The molecule has 1 fully saturated rings. The molecule has 1 unspecified atom stereocenters. The first-order valence-corrected chi connectivity index (χ1v) is 12.3. The Kier molecular flexibility index (Phi) is 7.91. The highest BCUT2D eigenvalue weighted by Crippen LogP contribution is 2.43. The third kappa shape index (κ3) is 5.98. The number of hydrogen-bond donors (Lipinski definition) is 1. The SMILES string of the molecule is N#C/C(C(=O)NCc1ccccc1)=C1/SC(Cc2cc(C(F)(F)F)ccc2Cl)C(=O)N1c1ccccc1. The average molecular weight is 542 g/mol. The second kappa shape index (κ2) is 11.1. The van der Waals surface area contributed by atoms with E-state index in [1.54, 1.807) is 30.3 Å². The van der Waals surface area contributed by atoms with Crippen LogP contribution in [0.25, 0.3) is 0 Å². The van der Waals surface area contributed by atoms with Gasteiger partial charge in [-0.05, 0) is 47.9 Å². The van der Waals surface area contributed by atoms with E-state index in [1.165, 1.54) is 4.90 Å². The average Bonchev–Trinajstić information content (AvgIpc) is 3.20. The molecule has 0 aliphatic carbocycles. The van der Waals surface area contributed by atoms with Crippen LogP contribution < -0.4 is 10.2 Å². The molecule has 5 nitrogen and oxygen atoms in total. The molecule has 1 heterocycles. The van der Waals surface area contributed by atoms with Crippen LogP contribution in [0.15, 0.2) is 89.5 Å². The lowest BCUT2D eigenvalue weighted by molar-refractivity contribution is -0.137. The third-order valence-corrected chi connectivity index (χ3v) is 7.23. The Balaban J connectivity index is 1.68. The third-order valence-electron chi connectivity index (χ3n) is 5.59. The highest BCUT2D eigenvalue weighted by molar-refractivity contribution is 8.05. The number of rotatable bonds is 6. The van der Waals surface area contributed by atoms with Gasteiger partial charge in [-0.1, -0.05) is 71.9 Å². The predicted molar refractivity (Wildman–Crippen MR) is 136 cm³/mol. The Morgan fingerprint density at radius 1 is 1.05 bits per heavy atom. The maximum absolute atomic E-state index is 13.5. The number of nitriles is 1. The number of para-hydroxylation sites is 1. The van der Waals surface area contributed by atoms with E-state index in [-0.39, 0.29) is 34.2 Å². The van der Waals surface area contributed by atoms with Crippen molar-refractivity contribution < 1.29 is 22.8 Å². The molecule has 37 heavy (non-hydrogen) atoms. The molecule has 1 aliphatic rings. The van der Waals surface area contributed by atoms with E-state index >= 15 is 0 Å². The van der Waals surface area contributed by atoms with E-state index in [2.05, 4.69) is 5.32 Å². The van der Waals surface area contributed by atoms with Crippen LogP contribution in [-0.4, -0.2) is 17.1 Å². The summed E-state index contributed by atoms with van der Waals surface area (Å²) in [6.07, 6.45) is -4.69. The van der Waals surface area contributed by atoms with Crippen molar-refractivity contribution in [3.05, 3.63) is 111 Å². The lowest BCUT2D eigenvalue weighted by Gasteiger charge is -2.18. The van der Waals surface area contributed by atoms with Crippen molar-refractivity contribution in [2.75, 3.05) is 4.90 Å². The number of anilines is 1. The summed E-state index contributed by atoms with van der Waals surface area (Å²) < 4.78 is 39.8. The standard InChI is InChI=1S/C27H19ClF3N3O2S/c28-22-12-11-19(27(29,30)31)13-18(22)14-23-25(36)34(20-9-5-2-6-10-20)26(37-23)21(15-32)24(35)33-16-17-7-3-1-4-8-17/h1-13,23H,14,16H2,(H,33,35)/b26-21-. The summed E-state index contributed by atoms with van der Waals surface area (Å²) in [4.78, 5) is 27.8. The van der Waals surface area contributed by atoms with Crippen LogP contribution in [0.4, 0.5) is 18.9 Å². The van der Waals surface area contributed by atoms with Crippen LogP contribution >= 0.6 is 23.4 Å². The van der Waals surface area contributed by atoms with Gasteiger partial charge in [0.15, 0.2) is 0 Å². The number of nitrogens with zero attached hydrogens (tertiary/aromatic N) is 2. The number of nitrogens with one attached hydrogen (secondary N) is 1. The van der Waals surface area contributed by atoms with Gasteiger partial charge < -0.3 is 5.32 Å². The van der Waals surface area contributed by atoms with E-state index in [0.717, 1.165) is 35.5 Å². The van der Waals surface area contributed by atoms with Crippen molar-refractivity contribution in [2.45, 2.75) is 24.4 Å². The zero-order valence-corrected chi connectivity index (χ0v) is 20.7. The largest absolute Gasteiger partial charge is 0.416 e. The maximum atomic E-state index is 13.5. The number of thioether (sulfide) groups is 1. The lowest BCUT2D eigenvalue weighted by Crippen LogP contribution is -2.32. The van der Waals surface area contributed by atoms with Gasteiger partial charge in [0, 0.05) is 17.3 Å². The molecule has 2 amide bonds. The minimum atomic E-state index is -4.57. The molecule has 3 aromatic rings. The molecule has 1 N–H and O–H groups in total. The van der Waals surface area contributed by atoms with Gasteiger partial charge in [-0.2, -0.15) is 18.4 Å². The lowest BCUT2D eigenvalue weighted by atomic mass is 10.0. The van der Waals surface area contributed by atoms with Crippen molar-refractivity contribution >= 4 is 40.9 Å². The fraction of sp³-hybridized carbons (Fsp3) is 0.148. The van der Waals surface area contributed by atoms with Crippen LogP contribution in [0.3, 0.4) is 0 Å². The summed E-state index contributed by atoms with van der Waals surface area (Å²) in [5.74, 6) is -1.14. The van der Waals surface area contributed by atoms with Crippen molar-refractivity contribution in [3.63, 3.8) is 0 Å². The Bertz CT molecular complexity index is 1390. The minimum Gasteiger partial charge on any atom is -0.347 e. The van der Waals surface area contributed by atoms with Gasteiger partial charge in [-0.15, -0.1) is 0 Å². The summed E-state index contributed by atoms with van der Waals surface area (Å²) in [5, 5.41) is 11.9. The van der Waals surface area contributed by atoms with Gasteiger partial charge in [0.1, 0.15) is 16.7 Å². The molecule has 1 aliphatic heterocycles. The highest BCUT2D eigenvalue weighted by Gasteiger charge is 2.41. The van der Waals surface area contributed by atoms with E-state index < -0.39 is 28.8 Å². The monoisotopic (exact) mass is 541 g/mol. The predicted octanol–water partition coefficient (Wildman–Crippen LogP) is 6.10. The molecular weight excluding hydrogens is 523 g/mol. The molecule has 3 aromatic carbocycles. The van der Waals surface area contributed by atoms with Crippen LogP contribution in [0.1, 0.15) is 16.7 Å². The molecule has 1 saturated heterocycles. The minimum absolute atomic E-state index is 0.0891. The second-order valence-corrected chi connectivity index (χ2v) is 9.68. The zero-order valence-electron chi connectivity index (χ0n) is 19.1.